The van der Waals surface area contributed by atoms with Crippen molar-refractivity contribution in [2.24, 2.45) is 5.92 Å². The van der Waals surface area contributed by atoms with Gasteiger partial charge in [-0.05, 0) is 25.7 Å². The highest BCUT2D eigenvalue weighted by Gasteiger charge is 2.25. The van der Waals surface area contributed by atoms with Gasteiger partial charge in [0.1, 0.15) is 0 Å². The summed E-state index contributed by atoms with van der Waals surface area (Å²) in [4.78, 5) is 11.0. The summed E-state index contributed by atoms with van der Waals surface area (Å²) >= 11 is 0. The van der Waals surface area contributed by atoms with E-state index in [-0.39, 0.29) is 12.4 Å². The van der Waals surface area contributed by atoms with Crippen molar-refractivity contribution in [3.8, 4) is 0 Å². The van der Waals surface area contributed by atoms with E-state index < -0.39 is 6.10 Å². The van der Waals surface area contributed by atoms with Crippen LogP contribution in [0.4, 0.5) is 0 Å². The summed E-state index contributed by atoms with van der Waals surface area (Å²) in [5, 5.41) is 9.65. The molecular formula is C10H18O3. The van der Waals surface area contributed by atoms with Crippen molar-refractivity contribution in [3.63, 3.8) is 0 Å². The van der Waals surface area contributed by atoms with Crippen LogP contribution in [0.15, 0.2) is 0 Å². The first-order valence-corrected chi connectivity index (χ1v) is 5.07. The average molecular weight is 186 g/mol. The molecule has 1 N–H and O–H groups in total. The molecule has 3 heteroatoms. The first kappa shape index (κ1) is 10.5. The van der Waals surface area contributed by atoms with Crippen LogP contribution < -0.4 is 0 Å². The van der Waals surface area contributed by atoms with Crippen molar-refractivity contribution in [2.75, 3.05) is 6.61 Å². The molecular weight excluding hydrogens is 168 g/mol. The van der Waals surface area contributed by atoms with Crippen molar-refractivity contribution in [1.29, 1.82) is 0 Å². The normalized spacial score (nSPS) is 20.2. The Morgan fingerprint density at radius 2 is 2.15 bits per heavy atom. The Morgan fingerprint density at radius 3 is 2.69 bits per heavy atom. The second kappa shape index (κ2) is 5.22. The van der Waals surface area contributed by atoms with E-state index in [1.165, 1.54) is 12.8 Å². The minimum Gasteiger partial charge on any atom is -0.466 e. The van der Waals surface area contributed by atoms with Gasteiger partial charge < -0.3 is 9.84 Å². The SMILES string of the molecule is CCOC(=O)CC(O)C1CCCC1. The van der Waals surface area contributed by atoms with E-state index in [0.717, 1.165) is 12.8 Å². The van der Waals surface area contributed by atoms with E-state index >= 15 is 0 Å². The van der Waals surface area contributed by atoms with Gasteiger partial charge in [-0.3, -0.25) is 4.79 Å². The van der Waals surface area contributed by atoms with Crippen molar-refractivity contribution < 1.29 is 14.6 Å². The maximum absolute atomic E-state index is 11.0. The van der Waals surface area contributed by atoms with Gasteiger partial charge in [0.25, 0.3) is 0 Å². The second-order valence-corrected chi connectivity index (χ2v) is 3.62. The molecule has 0 spiro atoms. The number of carbonyl (C=O) groups excluding carboxylic acids is 1. The molecule has 3 nitrogen and oxygen atoms in total. The third kappa shape index (κ3) is 3.35. The Morgan fingerprint density at radius 1 is 1.54 bits per heavy atom. The Balaban J connectivity index is 2.22. The zero-order valence-electron chi connectivity index (χ0n) is 8.16. The Labute approximate surface area is 79.1 Å². The molecule has 0 heterocycles. The molecule has 0 radical (unpaired) electrons. The van der Waals surface area contributed by atoms with Gasteiger partial charge in [-0.1, -0.05) is 12.8 Å². The van der Waals surface area contributed by atoms with E-state index in [9.17, 15) is 9.90 Å². The van der Waals surface area contributed by atoms with Crippen LogP contribution in [0.5, 0.6) is 0 Å². The Kier molecular flexibility index (Phi) is 4.22. The zero-order chi connectivity index (χ0) is 9.68. The van der Waals surface area contributed by atoms with Crippen molar-refractivity contribution in [3.05, 3.63) is 0 Å². The Bertz CT molecular complexity index is 162. The van der Waals surface area contributed by atoms with Gasteiger partial charge in [-0.25, -0.2) is 0 Å². The molecule has 1 fully saturated rings. The lowest BCUT2D eigenvalue weighted by Crippen LogP contribution is -2.22. The summed E-state index contributed by atoms with van der Waals surface area (Å²) in [6.45, 7) is 2.18. The van der Waals surface area contributed by atoms with Crippen LogP contribution in [-0.2, 0) is 9.53 Å². The van der Waals surface area contributed by atoms with Crippen LogP contribution >= 0.6 is 0 Å². The summed E-state index contributed by atoms with van der Waals surface area (Å²) in [6, 6.07) is 0. The lowest BCUT2D eigenvalue weighted by Gasteiger charge is -2.16. The number of aliphatic hydroxyl groups is 1. The molecule has 1 aliphatic rings. The number of ether oxygens (including phenoxy) is 1. The average Bonchev–Trinajstić information content (AvgIpc) is 2.55. The van der Waals surface area contributed by atoms with E-state index in [2.05, 4.69) is 0 Å². The van der Waals surface area contributed by atoms with Crippen LogP contribution in [-0.4, -0.2) is 23.8 Å². The maximum atomic E-state index is 11.0. The largest absolute Gasteiger partial charge is 0.466 e. The molecule has 0 aromatic rings. The van der Waals surface area contributed by atoms with Crippen molar-refractivity contribution >= 4 is 5.97 Å². The molecule has 0 aliphatic heterocycles. The topological polar surface area (TPSA) is 46.5 Å². The molecule has 1 aliphatic carbocycles. The first-order valence-electron chi connectivity index (χ1n) is 5.07. The van der Waals surface area contributed by atoms with E-state index in [4.69, 9.17) is 4.74 Å². The molecule has 0 aromatic heterocycles. The highest BCUT2D eigenvalue weighted by Crippen LogP contribution is 2.28. The van der Waals surface area contributed by atoms with Crippen LogP contribution in [0.1, 0.15) is 39.0 Å². The monoisotopic (exact) mass is 186 g/mol. The van der Waals surface area contributed by atoms with Crippen molar-refractivity contribution in [1.82, 2.24) is 0 Å². The molecule has 76 valence electrons. The lowest BCUT2D eigenvalue weighted by atomic mass is 9.98. The summed E-state index contributed by atoms with van der Waals surface area (Å²) < 4.78 is 4.77. The van der Waals surface area contributed by atoms with Gasteiger partial charge in [0.15, 0.2) is 0 Å². The molecule has 13 heavy (non-hydrogen) atoms. The fourth-order valence-electron chi connectivity index (χ4n) is 1.90. The highest BCUT2D eigenvalue weighted by molar-refractivity contribution is 5.69. The van der Waals surface area contributed by atoms with Gasteiger partial charge in [0.05, 0.1) is 19.1 Å². The quantitative estimate of drug-likeness (QED) is 0.677. The van der Waals surface area contributed by atoms with Gasteiger partial charge in [0.2, 0.25) is 0 Å². The van der Waals surface area contributed by atoms with E-state index in [1.807, 2.05) is 0 Å². The maximum Gasteiger partial charge on any atom is 0.308 e. The molecule has 1 rings (SSSR count). The molecule has 0 amide bonds. The zero-order valence-corrected chi connectivity index (χ0v) is 8.16. The van der Waals surface area contributed by atoms with Crippen LogP contribution in [0.3, 0.4) is 0 Å². The number of aliphatic hydroxyl groups excluding tert-OH is 1. The van der Waals surface area contributed by atoms with Gasteiger partial charge in [-0.2, -0.15) is 0 Å². The van der Waals surface area contributed by atoms with Crippen LogP contribution in [0.25, 0.3) is 0 Å². The standard InChI is InChI=1S/C10H18O3/c1-2-13-10(12)7-9(11)8-5-3-4-6-8/h8-9,11H,2-7H2,1H3. The summed E-state index contributed by atoms with van der Waals surface area (Å²) in [5.74, 6) is 0.0475. The third-order valence-electron chi connectivity index (χ3n) is 2.63. The predicted molar refractivity (Wildman–Crippen MR) is 49.2 cm³/mol. The number of esters is 1. The highest BCUT2D eigenvalue weighted by atomic mass is 16.5. The summed E-state index contributed by atoms with van der Waals surface area (Å²) in [5.41, 5.74) is 0. The minimum absolute atomic E-state index is 0.165. The molecule has 0 aromatic carbocycles. The molecule has 0 bridgehead atoms. The van der Waals surface area contributed by atoms with Crippen LogP contribution in [0, 0.1) is 5.92 Å². The summed E-state index contributed by atoms with van der Waals surface area (Å²) in [6.07, 6.45) is 4.16. The molecule has 1 saturated carbocycles. The number of hydrogen-bond donors (Lipinski definition) is 1. The van der Waals surface area contributed by atoms with Gasteiger partial charge in [-0.15, -0.1) is 0 Å². The minimum atomic E-state index is -0.485. The number of hydrogen-bond acceptors (Lipinski definition) is 3. The third-order valence-corrected chi connectivity index (χ3v) is 2.63. The van der Waals surface area contributed by atoms with Gasteiger partial charge in [0, 0.05) is 0 Å². The number of rotatable bonds is 4. The van der Waals surface area contributed by atoms with Gasteiger partial charge >= 0.3 is 5.97 Å². The van der Waals surface area contributed by atoms with Crippen molar-refractivity contribution in [2.45, 2.75) is 45.1 Å². The fourth-order valence-corrected chi connectivity index (χ4v) is 1.90. The summed E-state index contributed by atoms with van der Waals surface area (Å²) in [7, 11) is 0. The predicted octanol–water partition coefficient (Wildman–Crippen LogP) is 1.49. The second-order valence-electron chi connectivity index (χ2n) is 3.62. The van der Waals surface area contributed by atoms with E-state index in [1.54, 1.807) is 6.92 Å². The molecule has 1 unspecified atom stereocenters. The fraction of sp³-hybridized carbons (Fsp3) is 0.900. The first-order chi connectivity index (χ1) is 6.24. The molecule has 1 atom stereocenters. The molecule has 0 saturated heterocycles. The Hall–Kier alpha value is -0.570. The number of carbonyl (C=O) groups is 1. The van der Waals surface area contributed by atoms with Crippen LogP contribution in [0.2, 0.25) is 0 Å². The van der Waals surface area contributed by atoms with E-state index in [0.29, 0.717) is 12.5 Å². The smallest absolute Gasteiger partial charge is 0.308 e. The lowest BCUT2D eigenvalue weighted by molar-refractivity contribution is -0.146.